The predicted molar refractivity (Wildman–Crippen MR) is 127 cm³/mol. The Bertz CT molecular complexity index is 918. The lowest BCUT2D eigenvalue weighted by molar-refractivity contribution is 0.199. The van der Waals surface area contributed by atoms with Crippen LogP contribution in [0.5, 0.6) is 5.75 Å². The molecule has 0 saturated carbocycles. The number of aliphatic imine (C=N–C) groups is 1. The van der Waals surface area contributed by atoms with E-state index in [1.165, 1.54) is 16.7 Å². The number of carbonyl (C=O) groups is 1. The predicted octanol–water partition coefficient (Wildman–Crippen LogP) is 5.39. The van der Waals surface area contributed by atoms with Crippen LogP contribution in [0.15, 0.2) is 77.8 Å². The number of benzene rings is 2. The molecule has 0 spiro atoms. The molecule has 164 valence electrons. The molecule has 2 N–H and O–H groups in total. The number of allylic oxidation sites excluding steroid dienone is 1. The number of amides is 1. The minimum Gasteiger partial charge on any atom is -0.508 e. The van der Waals surface area contributed by atoms with Gasteiger partial charge in [0, 0.05) is 13.6 Å². The van der Waals surface area contributed by atoms with E-state index in [1.54, 1.807) is 25.3 Å². The van der Waals surface area contributed by atoms with Crippen LogP contribution in [-0.4, -0.2) is 30.7 Å². The average molecular weight is 421 g/mol. The van der Waals surface area contributed by atoms with Crippen LogP contribution < -0.4 is 5.32 Å². The van der Waals surface area contributed by atoms with Crippen molar-refractivity contribution in [1.82, 2.24) is 5.32 Å². The molecule has 0 aliphatic rings. The maximum absolute atomic E-state index is 11.7. The van der Waals surface area contributed by atoms with Crippen LogP contribution in [0.2, 0.25) is 0 Å². The van der Waals surface area contributed by atoms with Crippen molar-refractivity contribution in [2.24, 2.45) is 4.99 Å². The van der Waals surface area contributed by atoms with Gasteiger partial charge in [0.05, 0.1) is 0 Å². The van der Waals surface area contributed by atoms with E-state index in [0.29, 0.717) is 12.3 Å². The molecular weight excluding hydrogens is 388 g/mol. The van der Waals surface area contributed by atoms with E-state index in [0.717, 1.165) is 37.7 Å². The van der Waals surface area contributed by atoms with Crippen LogP contribution in [0.3, 0.4) is 0 Å². The number of rotatable bonds is 10. The standard InChI is InChI=1S/C26H32N2O3/c1-4-17-28-26(30)31-25(27-3)18-20(2)9-8-12-23-19-24(29)16-15-22(23)14-13-21-10-6-5-7-11-21/h4-7,10-11,15-16,18-19,29H,1,8-9,12-14,17H2,2-3H3,(H,28,30)/b20-18-,27-25?. The number of carbonyl (C=O) groups excluding carboxylic acids is 1. The summed E-state index contributed by atoms with van der Waals surface area (Å²) in [5.74, 6) is 0.574. The van der Waals surface area contributed by atoms with Gasteiger partial charge in [0.15, 0.2) is 0 Å². The number of phenolic OH excluding ortho intramolecular Hbond substituents is 1. The quantitative estimate of drug-likeness (QED) is 0.308. The number of alkyl carbamates (subject to hydrolysis) is 1. The van der Waals surface area contributed by atoms with Crippen LogP contribution in [0, 0.1) is 0 Å². The fraction of sp³-hybridized carbons (Fsp3) is 0.308. The monoisotopic (exact) mass is 420 g/mol. The zero-order chi connectivity index (χ0) is 22.5. The van der Waals surface area contributed by atoms with Gasteiger partial charge >= 0.3 is 6.09 Å². The lowest BCUT2D eigenvalue weighted by Crippen LogP contribution is -2.26. The molecule has 0 radical (unpaired) electrons. The van der Waals surface area contributed by atoms with E-state index in [9.17, 15) is 9.90 Å². The van der Waals surface area contributed by atoms with E-state index < -0.39 is 6.09 Å². The molecule has 0 aliphatic carbocycles. The van der Waals surface area contributed by atoms with Gasteiger partial charge in [-0.3, -0.25) is 4.99 Å². The van der Waals surface area contributed by atoms with Gasteiger partial charge in [0.25, 0.3) is 0 Å². The molecule has 31 heavy (non-hydrogen) atoms. The highest BCUT2D eigenvalue weighted by molar-refractivity contribution is 5.95. The van der Waals surface area contributed by atoms with Crippen molar-refractivity contribution >= 4 is 12.0 Å². The molecule has 0 unspecified atom stereocenters. The Morgan fingerprint density at radius 3 is 2.61 bits per heavy atom. The Morgan fingerprint density at radius 2 is 1.90 bits per heavy atom. The van der Waals surface area contributed by atoms with Crippen LogP contribution >= 0.6 is 0 Å². The molecule has 0 aliphatic heterocycles. The third-order valence-corrected chi connectivity index (χ3v) is 4.91. The number of hydrogen-bond acceptors (Lipinski definition) is 4. The van der Waals surface area contributed by atoms with Crippen LogP contribution in [0.1, 0.15) is 36.5 Å². The number of nitrogens with zero attached hydrogens (tertiary/aromatic N) is 1. The normalized spacial score (nSPS) is 11.8. The van der Waals surface area contributed by atoms with Crippen LogP contribution in [0.4, 0.5) is 4.79 Å². The number of phenols is 1. The number of hydrogen-bond donors (Lipinski definition) is 2. The zero-order valence-electron chi connectivity index (χ0n) is 18.4. The van der Waals surface area contributed by atoms with Crippen molar-refractivity contribution in [2.75, 3.05) is 13.6 Å². The van der Waals surface area contributed by atoms with Crippen molar-refractivity contribution in [1.29, 1.82) is 0 Å². The Kier molecular flexibility index (Phi) is 10.1. The topological polar surface area (TPSA) is 70.9 Å². The SMILES string of the molecule is C=CCNC(=O)OC(/C=C(/C)CCCc1cc(O)ccc1CCc1ccccc1)=NC. The van der Waals surface area contributed by atoms with Gasteiger partial charge < -0.3 is 15.2 Å². The van der Waals surface area contributed by atoms with Crippen molar-refractivity contribution < 1.29 is 14.6 Å². The van der Waals surface area contributed by atoms with Gasteiger partial charge in [-0.25, -0.2) is 4.79 Å². The summed E-state index contributed by atoms with van der Waals surface area (Å²) >= 11 is 0. The third kappa shape index (κ3) is 8.91. The summed E-state index contributed by atoms with van der Waals surface area (Å²) in [6.07, 6.45) is 7.35. The summed E-state index contributed by atoms with van der Waals surface area (Å²) in [4.78, 5) is 15.7. The molecule has 1 amide bonds. The number of aromatic hydroxyl groups is 1. The molecule has 0 fully saturated rings. The van der Waals surface area contributed by atoms with Gasteiger partial charge in [0.2, 0.25) is 5.90 Å². The molecule has 2 aromatic rings. The highest BCUT2D eigenvalue weighted by Crippen LogP contribution is 2.21. The molecule has 0 atom stereocenters. The minimum absolute atomic E-state index is 0.278. The maximum Gasteiger partial charge on any atom is 0.414 e. The third-order valence-electron chi connectivity index (χ3n) is 4.91. The van der Waals surface area contributed by atoms with E-state index in [2.05, 4.69) is 41.2 Å². The van der Waals surface area contributed by atoms with Gasteiger partial charge in [-0.2, -0.15) is 0 Å². The lowest BCUT2D eigenvalue weighted by Gasteiger charge is -2.11. The second-order valence-corrected chi connectivity index (χ2v) is 7.40. The molecule has 0 heterocycles. The van der Waals surface area contributed by atoms with Crippen molar-refractivity contribution in [2.45, 2.75) is 39.0 Å². The highest BCUT2D eigenvalue weighted by Gasteiger charge is 2.07. The molecule has 5 heteroatoms. The van der Waals surface area contributed by atoms with Gasteiger partial charge in [-0.15, -0.1) is 6.58 Å². The maximum atomic E-state index is 11.7. The van der Waals surface area contributed by atoms with E-state index in [1.807, 2.05) is 25.1 Å². The molecule has 0 aromatic heterocycles. The summed E-state index contributed by atoms with van der Waals surface area (Å²) in [7, 11) is 1.59. The summed E-state index contributed by atoms with van der Waals surface area (Å²) in [6.45, 7) is 5.89. The smallest absolute Gasteiger partial charge is 0.414 e. The Balaban J connectivity index is 1.91. The summed E-state index contributed by atoms with van der Waals surface area (Å²) < 4.78 is 5.19. The summed E-state index contributed by atoms with van der Waals surface area (Å²) in [5, 5.41) is 12.5. The highest BCUT2D eigenvalue weighted by atomic mass is 16.6. The second kappa shape index (κ2) is 13.1. The number of ether oxygens (including phenoxy) is 1. The number of aryl methyl sites for hydroxylation is 3. The number of nitrogens with one attached hydrogen (secondary N) is 1. The fourth-order valence-corrected chi connectivity index (χ4v) is 3.28. The van der Waals surface area contributed by atoms with Crippen molar-refractivity contribution in [3.05, 3.63) is 89.5 Å². The Hall–Kier alpha value is -3.34. The molecule has 0 bridgehead atoms. The first kappa shape index (κ1) is 23.9. The molecule has 5 nitrogen and oxygen atoms in total. The minimum atomic E-state index is -0.549. The molecule has 2 aromatic carbocycles. The van der Waals surface area contributed by atoms with Crippen molar-refractivity contribution in [3.63, 3.8) is 0 Å². The zero-order valence-corrected chi connectivity index (χ0v) is 18.4. The van der Waals surface area contributed by atoms with Gasteiger partial charge in [-0.1, -0.05) is 48.0 Å². The summed E-state index contributed by atoms with van der Waals surface area (Å²) in [6, 6.07) is 16.1. The second-order valence-electron chi connectivity index (χ2n) is 7.40. The van der Waals surface area contributed by atoms with Crippen molar-refractivity contribution in [3.8, 4) is 5.75 Å². The van der Waals surface area contributed by atoms with Crippen LogP contribution in [0.25, 0.3) is 0 Å². The first-order chi connectivity index (χ1) is 15.0. The van der Waals surface area contributed by atoms with E-state index in [-0.39, 0.29) is 5.90 Å². The molecule has 2 rings (SSSR count). The molecular formula is C26H32N2O3. The average Bonchev–Trinajstić information content (AvgIpc) is 2.77. The first-order valence-electron chi connectivity index (χ1n) is 10.6. The Labute approximate surface area is 185 Å². The van der Waals surface area contributed by atoms with Gasteiger partial charge in [0.1, 0.15) is 5.75 Å². The fourth-order valence-electron chi connectivity index (χ4n) is 3.28. The van der Waals surface area contributed by atoms with Gasteiger partial charge in [-0.05, 0) is 73.9 Å². The van der Waals surface area contributed by atoms with Crippen LogP contribution in [-0.2, 0) is 24.0 Å². The van der Waals surface area contributed by atoms with E-state index in [4.69, 9.17) is 4.74 Å². The lowest BCUT2D eigenvalue weighted by atomic mass is 9.95. The largest absolute Gasteiger partial charge is 0.508 e. The first-order valence-corrected chi connectivity index (χ1v) is 10.6. The Morgan fingerprint density at radius 1 is 1.13 bits per heavy atom. The van der Waals surface area contributed by atoms with E-state index >= 15 is 0 Å². The molecule has 0 saturated heterocycles. The summed E-state index contributed by atoms with van der Waals surface area (Å²) in [5.41, 5.74) is 4.82.